The number of nitrogens with one attached hydrogen (secondary N) is 1. The molecule has 0 saturated heterocycles. The summed E-state index contributed by atoms with van der Waals surface area (Å²) in [5.41, 5.74) is 3.65. The molecule has 108 valence electrons. The summed E-state index contributed by atoms with van der Waals surface area (Å²) in [6.45, 7) is 5.04. The van der Waals surface area contributed by atoms with Gasteiger partial charge in [0.05, 0.1) is 17.2 Å². The molecule has 20 heavy (non-hydrogen) atoms. The van der Waals surface area contributed by atoms with Gasteiger partial charge in [0.2, 0.25) is 0 Å². The first-order valence-electron chi connectivity index (χ1n) is 6.60. The van der Waals surface area contributed by atoms with Crippen LogP contribution >= 0.6 is 27.3 Å². The van der Waals surface area contributed by atoms with Crippen LogP contribution in [0.15, 0.2) is 28.1 Å². The maximum absolute atomic E-state index is 4.54. The largest absolute Gasteiger partial charge is 0.368 e. The van der Waals surface area contributed by atoms with E-state index in [4.69, 9.17) is 0 Å². The minimum Gasteiger partial charge on any atom is -0.368 e. The zero-order valence-corrected chi connectivity index (χ0v) is 14.7. The Bertz CT molecular complexity index is 582. The van der Waals surface area contributed by atoms with Gasteiger partial charge in [-0.3, -0.25) is 0 Å². The van der Waals surface area contributed by atoms with E-state index in [0.717, 1.165) is 21.7 Å². The van der Waals surface area contributed by atoms with E-state index in [1.54, 1.807) is 11.3 Å². The standard InChI is InChI=1S/C15H20BrN3S/c1-10(17-3)14-6-5-12(16)7-15(14)19(4)8-13-9-20-11(2)18-13/h5-7,9-10,17H,8H2,1-4H3. The van der Waals surface area contributed by atoms with Crippen LogP contribution in [0.2, 0.25) is 0 Å². The summed E-state index contributed by atoms with van der Waals surface area (Å²) < 4.78 is 1.10. The van der Waals surface area contributed by atoms with Gasteiger partial charge in [-0.15, -0.1) is 11.3 Å². The summed E-state index contributed by atoms with van der Waals surface area (Å²) in [6.07, 6.45) is 0. The number of thiazole rings is 1. The third-order valence-electron chi connectivity index (χ3n) is 3.37. The highest BCUT2D eigenvalue weighted by atomic mass is 79.9. The molecule has 1 aromatic carbocycles. The molecule has 0 bridgehead atoms. The van der Waals surface area contributed by atoms with Crippen LogP contribution in [0.5, 0.6) is 0 Å². The lowest BCUT2D eigenvalue weighted by Crippen LogP contribution is -2.21. The average Bonchev–Trinajstić information content (AvgIpc) is 2.83. The normalized spacial score (nSPS) is 12.4. The van der Waals surface area contributed by atoms with Crippen LogP contribution in [-0.2, 0) is 6.54 Å². The molecule has 1 atom stereocenters. The quantitative estimate of drug-likeness (QED) is 0.875. The van der Waals surface area contributed by atoms with Crippen LogP contribution in [0.25, 0.3) is 0 Å². The molecular weight excluding hydrogens is 334 g/mol. The molecule has 0 radical (unpaired) electrons. The molecule has 3 nitrogen and oxygen atoms in total. The van der Waals surface area contributed by atoms with Crippen molar-refractivity contribution in [2.75, 3.05) is 19.0 Å². The summed E-state index contributed by atoms with van der Waals surface area (Å²) in [4.78, 5) is 6.80. The monoisotopic (exact) mass is 353 g/mol. The second-order valence-electron chi connectivity index (χ2n) is 4.93. The molecule has 2 rings (SSSR count). The van der Waals surface area contributed by atoms with Crippen molar-refractivity contribution >= 4 is 33.0 Å². The molecule has 0 spiro atoms. The van der Waals surface area contributed by atoms with Crippen LogP contribution in [0.1, 0.15) is 29.2 Å². The van der Waals surface area contributed by atoms with Crippen LogP contribution in [0, 0.1) is 6.92 Å². The van der Waals surface area contributed by atoms with Gasteiger partial charge in [-0.05, 0) is 38.6 Å². The van der Waals surface area contributed by atoms with E-state index in [9.17, 15) is 0 Å². The first kappa shape index (κ1) is 15.5. The van der Waals surface area contributed by atoms with Gasteiger partial charge in [0.15, 0.2) is 0 Å². The van der Waals surface area contributed by atoms with E-state index in [1.807, 2.05) is 14.0 Å². The van der Waals surface area contributed by atoms with Gasteiger partial charge in [-0.2, -0.15) is 0 Å². The minimum atomic E-state index is 0.317. The van der Waals surface area contributed by atoms with E-state index >= 15 is 0 Å². The maximum atomic E-state index is 4.54. The van der Waals surface area contributed by atoms with Crippen LogP contribution in [0.3, 0.4) is 0 Å². The van der Waals surface area contributed by atoms with E-state index in [2.05, 4.69) is 68.7 Å². The molecule has 0 amide bonds. The molecule has 2 aromatic rings. The summed E-state index contributed by atoms with van der Waals surface area (Å²) in [5.74, 6) is 0. The fourth-order valence-electron chi connectivity index (χ4n) is 2.18. The Morgan fingerprint density at radius 3 is 2.80 bits per heavy atom. The molecule has 1 N–H and O–H groups in total. The van der Waals surface area contributed by atoms with E-state index in [0.29, 0.717) is 6.04 Å². The number of aryl methyl sites for hydroxylation is 1. The molecule has 0 aliphatic rings. The number of nitrogens with zero attached hydrogens (tertiary/aromatic N) is 2. The molecule has 0 saturated carbocycles. The topological polar surface area (TPSA) is 28.2 Å². The Kier molecular flexibility index (Phi) is 5.18. The number of anilines is 1. The number of hydrogen-bond donors (Lipinski definition) is 1. The molecule has 1 aromatic heterocycles. The zero-order valence-electron chi connectivity index (χ0n) is 12.3. The van der Waals surface area contributed by atoms with Crippen molar-refractivity contribution in [2.45, 2.75) is 26.4 Å². The summed E-state index contributed by atoms with van der Waals surface area (Å²) in [7, 11) is 4.10. The molecule has 0 aliphatic carbocycles. The number of aromatic nitrogens is 1. The van der Waals surface area contributed by atoms with Crippen LogP contribution in [0.4, 0.5) is 5.69 Å². The third kappa shape index (κ3) is 3.59. The highest BCUT2D eigenvalue weighted by Crippen LogP contribution is 2.30. The Balaban J connectivity index is 2.27. The summed E-state index contributed by atoms with van der Waals surface area (Å²) in [5, 5.41) is 6.56. The number of rotatable bonds is 5. The third-order valence-corrected chi connectivity index (χ3v) is 4.68. The minimum absolute atomic E-state index is 0.317. The zero-order chi connectivity index (χ0) is 14.7. The van der Waals surface area contributed by atoms with Gasteiger partial charge >= 0.3 is 0 Å². The molecule has 0 fully saturated rings. The van der Waals surface area contributed by atoms with Crippen molar-refractivity contribution in [3.05, 3.63) is 44.3 Å². The van der Waals surface area contributed by atoms with Gasteiger partial charge in [-0.25, -0.2) is 4.98 Å². The fraction of sp³-hybridized carbons (Fsp3) is 0.400. The number of hydrogen-bond acceptors (Lipinski definition) is 4. The lowest BCUT2D eigenvalue weighted by atomic mass is 10.1. The van der Waals surface area contributed by atoms with Crippen molar-refractivity contribution in [3.8, 4) is 0 Å². The summed E-state index contributed by atoms with van der Waals surface area (Å²) in [6, 6.07) is 6.75. The van der Waals surface area contributed by atoms with Crippen molar-refractivity contribution in [3.63, 3.8) is 0 Å². The van der Waals surface area contributed by atoms with Gasteiger partial charge < -0.3 is 10.2 Å². The first-order chi connectivity index (χ1) is 9.51. The average molecular weight is 354 g/mol. The first-order valence-corrected chi connectivity index (χ1v) is 8.27. The fourth-order valence-corrected chi connectivity index (χ4v) is 3.13. The predicted octanol–water partition coefficient (Wildman–Crippen LogP) is 4.13. The van der Waals surface area contributed by atoms with Crippen molar-refractivity contribution in [1.82, 2.24) is 10.3 Å². The molecular formula is C15H20BrN3S. The van der Waals surface area contributed by atoms with Crippen molar-refractivity contribution in [1.29, 1.82) is 0 Å². The van der Waals surface area contributed by atoms with Gasteiger partial charge in [0.25, 0.3) is 0 Å². The molecule has 1 heterocycles. The van der Waals surface area contributed by atoms with E-state index in [-0.39, 0.29) is 0 Å². The lowest BCUT2D eigenvalue weighted by molar-refractivity contribution is 0.649. The van der Waals surface area contributed by atoms with Gasteiger partial charge in [-0.1, -0.05) is 22.0 Å². The molecule has 0 aliphatic heterocycles. The number of halogens is 1. The summed E-state index contributed by atoms with van der Waals surface area (Å²) >= 11 is 5.26. The van der Waals surface area contributed by atoms with Crippen molar-refractivity contribution < 1.29 is 0 Å². The smallest absolute Gasteiger partial charge is 0.0898 e. The Morgan fingerprint density at radius 1 is 1.45 bits per heavy atom. The maximum Gasteiger partial charge on any atom is 0.0898 e. The van der Waals surface area contributed by atoms with Crippen LogP contribution in [-0.4, -0.2) is 19.1 Å². The number of benzene rings is 1. The SMILES string of the molecule is CNC(C)c1ccc(Br)cc1N(C)Cc1csc(C)n1. The van der Waals surface area contributed by atoms with Crippen LogP contribution < -0.4 is 10.2 Å². The Morgan fingerprint density at radius 2 is 2.20 bits per heavy atom. The van der Waals surface area contributed by atoms with Gasteiger partial charge in [0.1, 0.15) is 0 Å². The highest BCUT2D eigenvalue weighted by Gasteiger charge is 2.14. The second-order valence-corrected chi connectivity index (χ2v) is 6.91. The molecule has 1 unspecified atom stereocenters. The van der Waals surface area contributed by atoms with Gasteiger partial charge in [0, 0.05) is 28.6 Å². The highest BCUT2D eigenvalue weighted by molar-refractivity contribution is 9.10. The van der Waals surface area contributed by atoms with E-state index < -0.39 is 0 Å². The van der Waals surface area contributed by atoms with Crippen molar-refractivity contribution in [2.24, 2.45) is 0 Å². The van der Waals surface area contributed by atoms with E-state index in [1.165, 1.54) is 11.3 Å². The Hall–Kier alpha value is -0.910. The predicted molar refractivity (Wildman–Crippen MR) is 90.6 cm³/mol. The lowest BCUT2D eigenvalue weighted by Gasteiger charge is -2.25. The molecule has 5 heteroatoms. The second kappa shape index (κ2) is 6.70. The Labute approximate surface area is 133 Å².